The monoisotopic (exact) mass is 233 g/mol. The van der Waals surface area contributed by atoms with Gasteiger partial charge in [-0.05, 0) is 12.1 Å². The normalized spacial score (nSPS) is 10.7. The number of rotatable bonds is 4. The summed E-state index contributed by atoms with van der Waals surface area (Å²) < 4.78 is 10.3. The highest BCUT2D eigenvalue weighted by Crippen LogP contribution is 2.32. The van der Waals surface area contributed by atoms with Crippen molar-refractivity contribution in [2.45, 2.75) is 0 Å². The van der Waals surface area contributed by atoms with Crippen LogP contribution in [-0.4, -0.2) is 29.4 Å². The number of azo groups is 1. The molecule has 0 spiro atoms. The molecule has 1 aromatic carbocycles. The molecular weight excluding hydrogens is 222 g/mol. The van der Waals surface area contributed by atoms with E-state index in [1.165, 1.54) is 6.33 Å². The van der Waals surface area contributed by atoms with Crippen molar-refractivity contribution in [3.63, 3.8) is 0 Å². The van der Waals surface area contributed by atoms with E-state index >= 15 is 0 Å². The minimum Gasteiger partial charge on any atom is -0.497 e. The molecule has 0 aliphatic carbocycles. The molecule has 0 aliphatic rings. The lowest BCUT2D eigenvalue weighted by Crippen LogP contribution is -1.86. The van der Waals surface area contributed by atoms with E-state index in [4.69, 9.17) is 9.47 Å². The first-order valence-electron chi connectivity index (χ1n) is 4.82. The van der Waals surface area contributed by atoms with Gasteiger partial charge in [-0.25, -0.2) is 5.10 Å². The summed E-state index contributed by atoms with van der Waals surface area (Å²) in [6.07, 6.45) is 1.36. The maximum absolute atomic E-state index is 5.18. The zero-order valence-electron chi connectivity index (χ0n) is 9.41. The zero-order chi connectivity index (χ0) is 12.1. The molecule has 0 atom stereocenters. The molecule has 88 valence electrons. The minimum absolute atomic E-state index is 0.336. The van der Waals surface area contributed by atoms with Crippen molar-refractivity contribution < 1.29 is 9.47 Å². The van der Waals surface area contributed by atoms with Crippen molar-refractivity contribution in [1.29, 1.82) is 0 Å². The van der Waals surface area contributed by atoms with Gasteiger partial charge in [-0.15, -0.1) is 10.2 Å². The number of methoxy groups -OCH3 is 2. The van der Waals surface area contributed by atoms with E-state index < -0.39 is 0 Å². The molecular formula is C10H11N5O2. The molecule has 0 bridgehead atoms. The molecule has 7 nitrogen and oxygen atoms in total. The van der Waals surface area contributed by atoms with Gasteiger partial charge in [0.25, 0.3) is 5.95 Å². The van der Waals surface area contributed by atoms with Crippen molar-refractivity contribution in [2.24, 2.45) is 10.2 Å². The summed E-state index contributed by atoms with van der Waals surface area (Å²) >= 11 is 0. The van der Waals surface area contributed by atoms with Gasteiger partial charge in [0.15, 0.2) is 0 Å². The fraction of sp³-hybridized carbons (Fsp3) is 0.200. The number of benzene rings is 1. The average molecular weight is 233 g/mol. The highest BCUT2D eigenvalue weighted by Gasteiger charge is 2.04. The van der Waals surface area contributed by atoms with Crippen LogP contribution in [0.15, 0.2) is 34.8 Å². The zero-order valence-corrected chi connectivity index (χ0v) is 9.41. The molecule has 1 aromatic heterocycles. The molecule has 2 aromatic rings. The number of hydrogen-bond acceptors (Lipinski definition) is 6. The predicted octanol–water partition coefficient (Wildman–Crippen LogP) is 2.24. The quantitative estimate of drug-likeness (QED) is 0.820. The highest BCUT2D eigenvalue weighted by molar-refractivity contribution is 5.54. The lowest BCUT2D eigenvalue weighted by atomic mass is 10.3. The summed E-state index contributed by atoms with van der Waals surface area (Å²) in [5, 5.41) is 14.1. The van der Waals surface area contributed by atoms with Gasteiger partial charge in [0.05, 0.1) is 14.2 Å². The number of hydrogen-bond donors (Lipinski definition) is 1. The van der Waals surface area contributed by atoms with Crippen molar-refractivity contribution in [2.75, 3.05) is 14.2 Å². The molecule has 0 radical (unpaired) electrons. The Labute approximate surface area is 97.5 Å². The Hall–Kier alpha value is -2.44. The summed E-state index contributed by atoms with van der Waals surface area (Å²) in [6, 6.07) is 5.25. The SMILES string of the molecule is COc1ccc(N=Nc2ncn[nH]2)c(OC)c1. The number of nitrogens with one attached hydrogen (secondary N) is 1. The van der Waals surface area contributed by atoms with Crippen LogP contribution in [0.25, 0.3) is 0 Å². The smallest absolute Gasteiger partial charge is 0.264 e. The van der Waals surface area contributed by atoms with Gasteiger partial charge >= 0.3 is 0 Å². The third-order valence-corrected chi connectivity index (χ3v) is 2.04. The lowest BCUT2D eigenvalue weighted by Gasteiger charge is -2.05. The summed E-state index contributed by atoms with van der Waals surface area (Å²) in [4.78, 5) is 3.83. The molecule has 1 N–H and O–H groups in total. The molecule has 0 unspecified atom stereocenters. The van der Waals surface area contributed by atoms with Crippen molar-refractivity contribution in [3.8, 4) is 11.5 Å². The third-order valence-electron chi connectivity index (χ3n) is 2.04. The second kappa shape index (κ2) is 5.06. The fourth-order valence-corrected chi connectivity index (χ4v) is 1.22. The van der Waals surface area contributed by atoms with Crippen LogP contribution in [0.4, 0.5) is 11.6 Å². The second-order valence-corrected chi connectivity index (χ2v) is 3.05. The van der Waals surface area contributed by atoms with E-state index in [9.17, 15) is 0 Å². The first-order valence-corrected chi connectivity index (χ1v) is 4.82. The highest BCUT2D eigenvalue weighted by atomic mass is 16.5. The van der Waals surface area contributed by atoms with E-state index in [0.29, 0.717) is 23.1 Å². The Morgan fingerprint density at radius 1 is 1.18 bits per heavy atom. The van der Waals surface area contributed by atoms with Crippen molar-refractivity contribution in [3.05, 3.63) is 24.5 Å². The van der Waals surface area contributed by atoms with Crippen LogP contribution in [0.3, 0.4) is 0 Å². The lowest BCUT2D eigenvalue weighted by molar-refractivity contribution is 0.395. The number of nitrogens with zero attached hydrogens (tertiary/aromatic N) is 4. The van der Waals surface area contributed by atoms with Gasteiger partial charge in [-0.3, -0.25) is 0 Å². The van der Waals surface area contributed by atoms with Gasteiger partial charge in [0.2, 0.25) is 0 Å². The predicted molar refractivity (Wildman–Crippen MR) is 60.1 cm³/mol. The number of H-pyrrole nitrogens is 1. The Morgan fingerprint density at radius 3 is 2.71 bits per heavy atom. The summed E-state index contributed by atoms with van der Waals surface area (Å²) in [7, 11) is 3.15. The summed E-state index contributed by atoms with van der Waals surface area (Å²) in [6.45, 7) is 0. The first kappa shape index (κ1) is 11.1. The maximum Gasteiger partial charge on any atom is 0.264 e. The molecule has 0 amide bonds. The molecule has 2 rings (SSSR count). The molecule has 0 fully saturated rings. The Bertz CT molecular complexity index is 509. The largest absolute Gasteiger partial charge is 0.497 e. The standard InChI is InChI=1S/C10H11N5O2/c1-16-7-3-4-8(9(5-7)17-2)13-15-10-11-6-12-14-10/h3-6H,1-2H3,(H,11,12,14). The van der Waals surface area contributed by atoms with Crippen molar-refractivity contribution in [1.82, 2.24) is 15.2 Å². The van der Waals surface area contributed by atoms with Crippen LogP contribution >= 0.6 is 0 Å². The van der Waals surface area contributed by atoms with Crippen LogP contribution in [-0.2, 0) is 0 Å². The Morgan fingerprint density at radius 2 is 2.06 bits per heavy atom. The van der Waals surface area contributed by atoms with Gasteiger partial charge in [-0.2, -0.15) is 10.1 Å². The average Bonchev–Trinajstić information content (AvgIpc) is 2.89. The van der Waals surface area contributed by atoms with Crippen LogP contribution in [0.1, 0.15) is 0 Å². The first-order chi connectivity index (χ1) is 8.33. The van der Waals surface area contributed by atoms with E-state index in [1.54, 1.807) is 32.4 Å². The molecule has 17 heavy (non-hydrogen) atoms. The van der Waals surface area contributed by atoms with Gasteiger partial charge < -0.3 is 9.47 Å². The van der Waals surface area contributed by atoms with E-state index in [0.717, 1.165) is 0 Å². The second-order valence-electron chi connectivity index (χ2n) is 3.05. The van der Waals surface area contributed by atoms with Crippen LogP contribution in [0.5, 0.6) is 11.5 Å². The van der Waals surface area contributed by atoms with Crippen LogP contribution in [0, 0.1) is 0 Å². The van der Waals surface area contributed by atoms with Crippen LogP contribution < -0.4 is 9.47 Å². The van der Waals surface area contributed by atoms with Gasteiger partial charge in [0.1, 0.15) is 23.5 Å². The minimum atomic E-state index is 0.336. The number of ether oxygens (including phenoxy) is 2. The molecule has 0 saturated carbocycles. The number of aromatic nitrogens is 3. The van der Waals surface area contributed by atoms with Gasteiger partial charge in [-0.1, -0.05) is 0 Å². The Kier molecular flexibility index (Phi) is 3.29. The Balaban J connectivity index is 2.26. The third kappa shape index (κ3) is 2.57. The molecule has 0 aliphatic heterocycles. The van der Waals surface area contributed by atoms with Crippen molar-refractivity contribution >= 4 is 11.6 Å². The number of aromatic amines is 1. The molecule has 1 heterocycles. The summed E-state index contributed by atoms with van der Waals surface area (Å²) in [5.74, 6) is 1.61. The van der Waals surface area contributed by atoms with Gasteiger partial charge in [0, 0.05) is 6.07 Å². The van der Waals surface area contributed by atoms with E-state index in [-0.39, 0.29) is 0 Å². The molecule has 7 heteroatoms. The fourth-order valence-electron chi connectivity index (χ4n) is 1.22. The molecule has 0 saturated heterocycles. The van der Waals surface area contributed by atoms with Crippen LogP contribution in [0.2, 0.25) is 0 Å². The van der Waals surface area contributed by atoms with E-state index in [2.05, 4.69) is 25.4 Å². The maximum atomic E-state index is 5.18. The van der Waals surface area contributed by atoms with E-state index in [1.807, 2.05) is 0 Å². The topological polar surface area (TPSA) is 84.8 Å². The summed E-state index contributed by atoms with van der Waals surface area (Å²) in [5.41, 5.74) is 0.588.